The maximum Gasteiger partial charge on any atom is 0.278 e. The molecule has 0 radical (unpaired) electrons. The normalized spacial score (nSPS) is 18.8. The zero-order valence-electron chi connectivity index (χ0n) is 24.2. The van der Waals surface area contributed by atoms with Crippen LogP contribution in [0.4, 0.5) is 17.3 Å². The van der Waals surface area contributed by atoms with Crippen LogP contribution in [-0.4, -0.2) is 68.5 Å². The molecule has 42 heavy (non-hydrogen) atoms. The van der Waals surface area contributed by atoms with Gasteiger partial charge in [-0.3, -0.25) is 4.79 Å². The first-order chi connectivity index (χ1) is 20.5. The highest BCUT2D eigenvalue weighted by Crippen LogP contribution is 2.42. The lowest BCUT2D eigenvalue weighted by Gasteiger charge is -2.46. The number of ether oxygens (including phenoxy) is 1. The van der Waals surface area contributed by atoms with E-state index in [0.717, 1.165) is 31.6 Å². The fraction of sp³-hybridized carbons (Fsp3) is 0.438. The number of likely N-dealkylation sites (tertiary alicyclic amines) is 1. The number of piperidine rings is 2. The predicted molar refractivity (Wildman–Crippen MR) is 165 cm³/mol. The van der Waals surface area contributed by atoms with Crippen molar-refractivity contribution < 1.29 is 4.74 Å². The lowest BCUT2D eigenvalue weighted by Crippen LogP contribution is -2.46. The highest BCUT2D eigenvalue weighted by molar-refractivity contribution is 5.77. The van der Waals surface area contributed by atoms with E-state index < -0.39 is 0 Å². The van der Waals surface area contributed by atoms with E-state index in [2.05, 4.69) is 63.0 Å². The summed E-state index contributed by atoms with van der Waals surface area (Å²) < 4.78 is 9.21. The number of rotatable bonds is 8. The van der Waals surface area contributed by atoms with Crippen LogP contribution in [0.2, 0.25) is 0 Å². The van der Waals surface area contributed by atoms with Crippen molar-refractivity contribution in [3.8, 4) is 11.7 Å². The smallest absolute Gasteiger partial charge is 0.278 e. The van der Waals surface area contributed by atoms with Crippen molar-refractivity contribution in [3.05, 3.63) is 71.7 Å². The Bertz CT molecular complexity index is 1640. The Labute approximate surface area is 245 Å². The maximum absolute atomic E-state index is 13.3. The van der Waals surface area contributed by atoms with Crippen LogP contribution in [0.5, 0.6) is 5.88 Å². The number of hydrogen-bond acceptors (Lipinski definition) is 8. The second kappa shape index (κ2) is 10.9. The Balaban J connectivity index is 1.11. The van der Waals surface area contributed by atoms with Gasteiger partial charge >= 0.3 is 0 Å². The number of hydrogen-bond donors (Lipinski definition) is 1. The van der Waals surface area contributed by atoms with Gasteiger partial charge in [-0.2, -0.15) is 9.97 Å². The molecule has 0 unspecified atom stereocenters. The molecule has 1 aliphatic carbocycles. The molecule has 0 atom stereocenters. The molecule has 2 aliphatic heterocycles. The van der Waals surface area contributed by atoms with E-state index in [1.54, 1.807) is 21.6 Å². The number of nitrogens with zero attached hydrogens (tertiary/aromatic N) is 7. The van der Waals surface area contributed by atoms with Crippen molar-refractivity contribution in [2.75, 3.05) is 43.4 Å². The van der Waals surface area contributed by atoms with Crippen LogP contribution in [0, 0.1) is 5.41 Å². The molecule has 1 N–H and O–H groups in total. The summed E-state index contributed by atoms with van der Waals surface area (Å²) >= 11 is 0. The van der Waals surface area contributed by atoms with Crippen molar-refractivity contribution in [2.24, 2.45) is 5.41 Å². The highest BCUT2D eigenvalue weighted by Gasteiger charge is 2.36. The SMILES string of the molecule is C=CCn1c(=O)c2cnc(Nc3ccc(N4CCC5(CCN(C)CC5)CC4)cc3)nc2n1-c1cccc(OC2CC2)n1. The minimum Gasteiger partial charge on any atom is -0.474 e. The number of pyridine rings is 1. The minimum atomic E-state index is -0.195. The molecular formula is C32H38N8O2. The molecule has 3 aromatic heterocycles. The summed E-state index contributed by atoms with van der Waals surface area (Å²) in [5, 5.41) is 3.74. The van der Waals surface area contributed by atoms with Gasteiger partial charge in [-0.05, 0) is 94.4 Å². The Morgan fingerprint density at radius 2 is 1.76 bits per heavy atom. The number of benzene rings is 1. The van der Waals surface area contributed by atoms with Gasteiger partial charge in [-0.15, -0.1) is 6.58 Å². The lowest BCUT2D eigenvalue weighted by molar-refractivity contribution is 0.0945. The third-order valence-electron chi connectivity index (χ3n) is 9.08. The maximum atomic E-state index is 13.3. The number of anilines is 3. The molecule has 218 valence electrons. The highest BCUT2D eigenvalue weighted by atomic mass is 16.5. The van der Waals surface area contributed by atoms with Gasteiger partial charge in [0.25, 0.3) is 5.56 Å². The van der Waals surface area contributed by atoms with E-state index in [1.807, 2.05) is 18.2 Å². The molecular weight excluding hydrogens is 528 g/mol. The molecule has 3 fully saturated rings. The van der Waals surface area contributed by atoms with Gasteiger partial charge in [-0.25, -0.2) is 14.3 Å². The monoisotopic (exact) mass is 566 g/mol. The number of aromatic nitrogens is 5. The summed E-state index contributed by atoms with van der Waals surface area (Å²) in [5.74, 6) is 1.50. The largest absolute Gasteiger partial charge is 0.474 e. The Morgan fingerprint density at radius 1 is 1.02 bits per heavy atom. The van der Waals surface area contributed by atoms with E-state index in [1.165, 1.54) is 44.5 Å². The van der Waals surface area contributed by atoms with Gasteiger partial charge in [0.1, 0.15) is 11.5 Å². The van der Waals surface area contributed by atoms with E-state index in [-0.39, 0.29) is 11.7 Å². The van der Waals surface area contributed by atoms with Gasteiger partial charge in [-0.1, -0.05) is 12.1 Å². The molecule has 0 amide bonds. The van der Waals surface area contributed by atoms with Crippen molar-refractivity contribution in [2.45, 2.75) is 51.2 Å². The number of allylic oxidation sites excluding steroid dienone is 1. The topological polar surface area (TPSA) is 93.3 Å². The second-order valence-electron chi connectivity index (χ2n) is 12.0. The minimum absolute atomic E-state index is 0.195. The van der Waals surface area contributed by atoms with E-state index >= 15 is 0 Å². The standard InChI is InChI=1S/C32H38N8O2/c1-3-17-39-30(41)26-22-33-31(36-29(26)40(39)27-5-4-6-28(35-27)42-25-11-12-25)34-23-7-9-24(10-8-23)38-20-15-32(16-21-38)13-18-37(2)19-14-32/h3-10,22,25H,1,11-21H2,2H3,(H,33,34,36). The number of fused-ring (bicyclic) bond motifs is 1. The van der Waals surface area contributed by atoms with E-state index in [4.69, 9.17) is 9.72 Å². The van der Waals surface area contributed by atoms with Crippen LogP contribution in [0.3, 0.4) is 0 Å². The van der Waals surface area contributed by atoms with Gasteiger partial charge in [0, 0.05) is 36.7 Å². The van der Waals surface area contributed by atoms with Crippen molar-refractivity contribution >= 4 is 28.4 Å². The molecule has 3 aliphatic rings. The molecule has 2 saturated heterocycles. The average Bonchev–Trinajstić information content (AvgIpc) is 3.79. The molecule has 1 saturated carbocycles. The zero-order chi connectivity index (χ0) is 28.7. The predicted octanol–water partition coefficient (Wildman–Crippen LogP) is 4.76. The molecule has 5 heterocycles. The summed E-state index contributed by atoms with van der Waals surface area (Å²) in [5.41, 5.74) is 2.95. The first-order valence-corrected chi connectivity index (χ1v) is 15.0. The molecule has 1 aromatic carbocycles. The Morgan fingerprint density at radius 3 is 2.48 bits per heavy atom. The van der Waals surface area contributed by atoms with Crippen LogP contribution in [0.15, 0.2) is 66.1 Å². The van der Waals surface area contributed by atoms with Crippen LogP contribution in [-0.2, 0) is 6.54 Å². The zero-order valence-corrected chi connectivity index (χ0v) is 24.2. The van der Waals surface area contributed by atoms with Gasteiger partial charge in [0.05, 0.1) is 6.54 Å². The Kier molecular flexibility index (Phi) is 6.93. The van der Waals surface area contributed by atoms with E-state index in [0.29, 0.717) is 40.6 Å². The average molecular weight is 567 g/mol. The summed E-state index contributed by atoms with van der Waals surface area (Å²) in [6.07, 6.45) is 10.8. The third kappa shape index (κ3) is 5.27. The number of nitrogens with one attached hydrogen (secondary N) is 1. The molecule has 10 nitrogen and oxygen atoms in total. The summed E-state index contributed by atoms with van der Waals surface area (Å²) in [6.45, 7) is 8.81. The summed E-state index contributed by atoms with van der Waals surface area (Å²) in [4.78, 5) is 32.2. The molecule has 0 bridgehead atoms. The quantitative estimate of drug-likeness (QED) is 0.305. The lowest BCUT2D eigenvalue weighted by atomic mass is 9.71. The fourth-order valence-electron chi connectivity index (χ4n) is 6.27. The van der Waals surface area contributed by atoms with Gasteiger partial charge in [0.2, 0.25) is 11.8 Å². The molecule has 10 heteroatoms. The van der Waals surface area contributed by atoms with Crippen LogP contribution >= 0.6 is 0 Å². The van der Waals surface area contributed by atoms with Gasteiger partial charge in [0.15, 0.2) is 11.5 Å². The van der Waals surface area contributed by atoms with Gasteiger partial charge < -0.3 is 19.9 Å². The molecule has 7 rings (SSSR count). The van der Waals surface area contributed by atoms with Crippen LogP contribution in [0.25, 0.3) is 16.9 Å². The van der Waals surface area contributed by atoms with Crippen molar-refractivity contribution in [3.63, 3.8) is 0 Å². The second-order valence-corrected chi connectivity index (χ2v) is 12.0. The molecule has 1 spiro atoms. The van der Waals surface area contributed by atoms with Crippen molar-refractivity contribution in [1.82, 2.24) is 29.2 Å². The third-order valence-corrected chi connectivity index (χ3v) is 9.08. The first kappa shape index (κ1) is 26.7. The van der Waals surface area contributed by atoms with Crippen LogP contribution in [0.1, 0.15) is 38.5 Å². The van der Waals surface area contributed by atoms with Crippen molar-refractivity contribution in [1.29, 1.82) is 0 Å². The Hall–Kier alpha value is -4.18. The van der Waals surface area contributed by atoms with Crippen LogP contribution < -0.4 is 20.5 Å². The first-order valence-electron chi connectivity index (χ1n) is 15.0. The molecule has 4 aromatic rings. The summed E-state index contributed by atoms with van der Waals surface area (Å²) in [7, 11) is 2.24. The summed E-state index contributed by atoms with van der Waals surface area (Å²) in [6, 6.07) is 14.0. The van der Waals surface area contributed by atoms with E-state index in [9.17, 15) is 4.79 Å². The fourth-order valence-corrected chi connectivity index (χ4v) is 6.27.